The molecule has 0 aliphatic heterocycles. The van der Waals surface area contributed by atoms with Crippen LogP contribution in [0.4, 0.5) is 11.6 Å². The Labute approximate surface area is 146 Å². The summed E-state index contributed by atoms with van der Waals surface area (Å²) in [5.41, 5.74) is 2.37. The average Bonchev–Trinajstić information content (AvgIpc) is 2.49. The molecule has 0 unspecified atom stereocenters. The van der Waals surface area contributed by atoms with Crippen LogP contribution in [-0.2, 0) is 0 Å². The molecule has 0 aliphatic carbocycles. The van der Waals surface area contributed by atoms with Crippen molar-refractivity contribution < 1.29 is 9.53 Å². The molecule has 0 saturated carbocycles. The Kier molecular flexibility index (Phi) is 5.62. The predicted octanol–water partition coefficient (Wildman–Crippen LogP) is 3.83. The maximum atomic E-state index is 12.6. The van der Waals surface area contributed by atoms with Crippen LogP contribution in [0.5, 0.6) is 5.75 Å². The Balaban J connectivity index is 2.30. The number of hydrogen-bond acceptors (Lipinski definition) is 5. The van der Waals surface area contributed by atoms with E-state index < -0.39 is 0 Å². The van der Waals surface area contributed by atoms with Gasteiger partial charge in [0.05, 0.1) is 12.8 Å². The van der Waals surface area contributed by atoms with Crippen LogP contribution in [0.15, 0.2) is 18.2 Å². The zero-order chi connectivity index (χ0) is 17.9. The summed E-state index contributed by atoms with van der Waals surface area (Å²) in [6, 6.07) is 5.24. The Bertz CT molecular complexity index is 762. The summed E-state index contributed by atoms with van der Waals surface area (Å²) < 4.78 is 5.27. The molecule has 0 spiro atoms. The second-order valence-electron chi connectivity index (χ2n) is 5.77. The molecule has 128 valence electrons. The molecular weight excluding hydrogens is 328 g/mol. The van der Waals surface area contributed by atoms with Crippen molar-refractivity contribution in [2.45, 2.75) is 33.7 Å². The van der Waals surface area contributed by atoms with Gasteiger partial charge in [0.1, 0.15) is 11.4 Å². The Hall–Kier alpha value is -2.34. The van der Waals surface area contributed by atoms with E-state index in [0.29, 0.717) is 28.1 Å². The number of benzene rings is 1. The van der Waals surface area contributed by atoms with Crippen LogP contribution < -0.4 is 15.4 Å². The van der Waals surface area contributed by atoms with Gasteiger partial charge in [0.15, 0.2) is 0 Å². The molecule has 0 bridgehead atoms. The van der Waals surface area contributed by atoms with Gasteiger partial charge in [0, 0.05) is 22.8 Å². The standard InChI is InChI=1S/C17H21ClN4O2/c1-9(2)19-17-20-11(4)7-14(22-17)16(23)21-13-6-10(3)12(18)8-15(13)24-5/h6-9H,1-5H3,(H,21,23)(H,19,20,22). The molecule has 2 aromatic rings. The fourth-order valence-corrected chi connectivity index (χ4v) is 2.28. The van der Waals surface area contributed by atoms with Gasteiger partial charge in [-0.2, -0.15) is 0 Å². The quantitative estimate of drug-likeness (QED) is 0.858. The van der Waals surface area contributed by atoms with E-state index in [4.69, 9.17) is 16.3 Å². The number of anilines is 2. The van der Waals surface area contributed by atoms with Crippen molar-refractivity contribution >= 4 is 29.1 Å². The third-order valence-electron chi connectivity index (χ3n) is 3.23. The molecule has 7 heteroatoms. The third kappa shape index (κ3) is 4.35. The van der Waals surface area contributed by atoms with E-state index in [1.165, 1.54) is 7.11 Å². The van der Waals surface area contributed by atoms with Gasteiger partial charge in [-0.05, 0) is 45.4 Å². The Morgan fingerprint density at radius 2 is 1.92 bits per heavy atom. The molecule has 0 aliphatic rings. The lowest BCUT2D eigenvalue weighted by Gasteiger charge is -2.13. The van der Waals surface area contributed by atoms with Crippen molar-refractivity contribution in [2.24, 2.45) is 0 Å². The first-order valence-electron chi connectivity index (χ1n) is 7.58. The SMILES string of the molecule is COc1cc(Cl)c(C)cc1NC(=O)c1cc(C)nc(NC(C)C)n1. The van der Waals surface area contributed by atoms with Gasteiger partial charge in [-0.15, -0.1) is 0 Å². The second kappa shape index (κ2) is 7.49. The van der Waals surface area contributed by atoms with Crippen LogP contribution in [0.1, 0.15) is 35.6 Å². The van der Waals surface area contributed by atoms with Crippen molar-refractivity contribution in [2.75, 3.05) is 17.7 Å². The van der Waals surface area contributed by atoms with Crippen LogP contribution in [0, 0.1) is 13.8 Å². The molecule has 2 rings (SSSR count). The molecule has 0 saturated heterocycles. The number of carbonyl (C=O) groups is 1. The van der Waals surface area contributed by atoms with Crippen LogP contribution >= 0.6 is 11.6 Å². The Morgan fingerprint density at radius 3 is 2.54 bits per heavy atom. The first-order valence-corrected chi connectivity index (χ1v) is 7.95. The number of carbonyl (C=O) groups excluding carboxylic acids is 1. The minimum atomic E-state index is -0.340. The summed E-state index contributed by atoms with van der Waals surface area (Å²) in [5.74, 6) is 0.576. The largest absolute Gasteiger partial charge is 0.495 e. The highest BCUT2D eigenvalue weighted by molar-refractivity contribution is 6.31. The van der Waals surface area contributed by atoms with E-state index in [2.05, 4.69) is 20.6 Å². The first kappa shape index (κ1) is 18.0. The summed E-state index contributed by atoms with van der Waals surface area (Å²) in [7, 11) is 1.52. The Morgan fingerprint density at radius 1 is 1.21 bits per heavy atom. The minimum Gasteiger partial charge on any atom is -0.495 e. The summed E-state index contributed by atoms with van der Waals surface area (Å²) in [4.78, 5) is 21.1. The number of amides is 1. The van der Waals surface area contributed by atoms with Gasteiger partial charge in [-0.1, -0.05) is 11.6 Å². The molecule has 6 nitrogen and oxygen atoms in total. The number of rotatable bonds is 5. The molecule has 0 fully saturated rings. The van der Waals surface area contributed by atoms with Gasteiger partial charge >= 0.3 is 0 Å². The van der Waals surface area contributed by atoms with Gasteiger partial charge in [-0.25, -0.2) is 9.97 Å². The molecular formula is C17H21ClN4O2. The topological polar surface area (TPSA) is 76.1 Å². The summed E-state index contributed by atoms with van der Waals surface area (Å²) in [5, 5.41) is 6.49. The lowest BCUT2D eigenvalue weighted by atomic mass is 10.2. The zero-order valence-corrected chi connectivity index (χ0v) is 15.2. The van der Waals surface area contributed by atoms with Crippen LogP contribution in [0.3, 0.4) is 0 Å². The third-order valence-corrected chi connectivity index (χ3v) is 3.64. The van der Waals surface area contributed by atoms with Crippen molar-refractivity contribution in [1.29, 1.82) is 0 Å². The number of halogens is 1. The van der Waals surface area contributed by atoms with Crippen LogP contribution in [0.25, 0.3) is 0 Å². The predicted molar refractivity (Wildman–Crippen MR) is 96.2 cm³/mol. The van der Waals surface area contributed by atoms with Gasteiger partial charge in [0.25, 0.3) is 5.91 Å². The van der Waals surface area contributed by atoms with Gasteiger partial charge in [-0.3, -0.25) is 4.79 Å². The van der Waals surface area contributed by atoms with E-state index >= 15 is 0 Å². The lowest BCUT2D eigenvalue weighted by molar-refractivity contribution is 0.102. The summed E-state index contributed by atoms with van der Waals surface area (Å²) in [6.07, 6.45) is 0. The van der Waals surface area contributed by atoms with Gasteiger partial charge < -0.3 is 15.4 Å². The van der Waals surface area contributed by atoms with Crippen molar-refractivity contribution in [3.8, 4) is 5.75 Å². The average molecular weight is 349 g/mol. The maximum absolute atomic E-state index is 12.6. The first-order chi connectivity index (χ1) is 11.3. The summed E-state index contributed by atoms with van der Waals surface area (Å²) >= 11 is 6.09. The number of aromatic nitrogens is 2. The highest BCUT2D eigenvalue weighted by atomic mass is 35.5. The monoisotopic (exact) mass is 348 g/mol. The maximum Gasteiger partial charge on any atom is 0.274 e. The number of ether oxygens (including phenoxy) is 1. The number of nitrogens with one attached hydrogen (secondary N) is 2. The normalized spacial score (nSPS) is 10.6. The van der Waals surface area contributed by atoms with E-state index in [-0.39, 0.29) is 17.6 Å². The fraction of sp³-hybridized carbons (Fsp3) is 0.353. The number of nitrogens with zero attached hydrogens (tertiary/aromatic N) is 2. The van der Waals surface area contributed by atoms with Crippen molar-refractivity contribution in [3.05, 3.63) is 40.2 Å². The van der Waals surface area contributed by atoms with E-state index in [1.54, 1.807) is 18.2 Å². The van der Waals surface area contributed by atoms with E-state index in [0.717, 1.165) is 5.56 Å². The van der Waals surface area contributed by atoms with E-state index in [9.17, 15) is 4.79 Å². The molecule has 1 amide bonds. The molecule has 2 N–H and O–H groups in total. The molecule has 24 heavy (non-hydrogen) atoms. The highest BCUT2D eigenvalue weighted by Gasteiger charge is 2.15. The second-order valence-corrected chi connectivity index (χ2v) is 6.18. The minimum absolute atomic E-state index is 0.168. The van der Waals surface area contributed by atoms with E-state index in [1.807, 2.05) is 27.7 Å². The van der Waals surface area contributed by atoms with Crippen molar-refractivity contribution in [3.63, 3.8) is 0 Å². The number of aryl methyl sites for hydroxylation is 2. The van der Waals surface area contributed by atoms with Crippen LogP contribution in [0.2, 0.25) is 5.02 Å². The number of hydrogen-bond donors (Lipinski definition) is 2. The smallest absolute Gasteiger partial charge is 0.274 e. The molecule has 1 aromatic carbocycles. The lowest BCUT2D eigenvalue weighted by Crippen LogP contribution is -2.18. The molecule has 0 radical (unpaired) electrons. The highest BCUT2D eigenvalue weighted by Crippen LogP contribution is 2.31. The molecule has 0 atom stereocenters. The van der Waals surface area contributed by atoms with Crippen molar-refractivity contribution in [1.82, 2.24) is 9.97 Å². The van der Waals surface area contributed by atoms with Gasteiger partial charge in [0.2, 0.25) is 5.95 Å². The fourth-order valence-electron chi connectivity index (χ4n) is 2.12. The zero-order valence-electron chi connectivity index (χ0n) is 14.4. The molecule has 1 heterocycles. The van der Waals surface area contributed by atoms with Crippen LogP contribution in [-0.4, -0.2) is 29.0 Å². The summed E-state index contributed by atoms with van der Waals surface area (Å²) in [6.45, 7) is 7.63. The molecule has 1 aromatic heterocycles. The number of methoxy groups -OCH3 is 1.